The zero-order valence-electron chi connectivity index (χ0n) is 11.5. The summed E-state index contributed by atoms with van der Waals surface area (Å²) in [5.74, 6) is 0.933. The largest absolute Gasteiger partial charge is 0.370 e. The highest BCUT2D eigenvalue weighted by Gasteiger charge is 2.02. The van der Waals surface area contributed by atoms with Crippen LogP contribution in [0.5, 0.6) is 0 Å². The summed E-state index contributed by atoms with van der Waals surface area (Å²) < 4.78 is 0. The first kappa shape index (κ1) is 13.5. The number of nitrogens with zero attached hydrogens (tertiary/aromatic N) is 3. The minimum absolute atomic E-state index is 0.891. The smallest absolute Gasteiger partial charge is 0.125 e. The molecule has 0 fully saturated rings. The number of pyridine rings is 2. The zero-order chi connectivity index (χ0) is 13.5. The van der Waals surface area contributed by atoms with Crippen molar-refractivity contribution >= 4 is 5.82 Å². The summed E-state index contributed by atoms with van der Waals surface area (Å²) in [5, 5.41) is 3.20. The van der Waals surface area contributed by atoms with Crippen molar-refractivity contribution in [1.82, 2.24) is 14.9 Å². The molecule has 0 saturated heterocycles. The second kappa shape index (κ2) is 6.85. The molecule has 1 N–H and O–H groups in total. The van der Waals surface area contributed by atoms with Crippen LogP contribution in [0, 0.1) is 0 Å². The Morgan fingerprint density at radius 1 is 1.05 bits per heavy atom. The van der Waals surface area contributed by atoms with E-state index in [1.165, 1.54) is 11.1 Å². The predicted molar refractivity (Wildman–Crippen MR) is 77.8 cm³/mol. The molecule has 0 aromatic carbocycles. The third-order valence-electron chi connectivity index (χ3n) is 2.84. The van der Waals surface area contributed by atoms with E-state index in [-0.39, 0.29) is 0 Å². The van der Waals surface area contributed by atoms with Crippen molar-refractivity contribution < 1.29 is 0 Å². The molecule has 2 aromatic heterocycles. The van der Waals surface area contributed by atoms with Crippen molar-refractivity contribution in [3.8, 4) is 0 Å². The second-order valence-corrected chi connectivity index (χ2v) is 4.61. The van der Waals surface area contributed by atoms with Gasteiger partial charge in [0.05, 0.1) is 0 Å². The summed E-state index contributed by atoms with van der Waals surface area (Å²) in [6, 6.07) is 8.24. The minimum Gasteiger partial charge on any atom is -0.370 e. The van der Waals surface area contributed by atoms with Crippen molar-refractivity contribution in [2.24, 2.45) is 0 Å². The van der Waals surface area contributed by atoms with Crippen LogP contribution < -0.4 is 5.32 Å². The first-order valence-corrected chi connectivity index (χ1v) is 6.54. The molecule has 0 unspecified atom stereocenters. The van der Waals surface area contributed by atoms with Gasteiger partial charge in [-0.1, -0.05) is 6.07 Å². The summed E-state index contributed by atoms with van der Waals surface area (Å²) in [6.45, 7) is 4.77. The van der Waals surface area contributed by atoms with Gasteiger partial charge in [-0.25, -0.2) is 4.98 Å². The van der Waals surface area contributed by atoms with Crippen LogP contribution >= 0.6 is 0 Å². The maximum Gasteiger partial charge on any atom is 0.125 e. The van der Waals surface area contributed by atoms with Gasteiger partial charge >= 0.3 is 0 Å². The van der Waals surface area contributed by atoms with E-state index in [4.69, 9.17) is 0 Å². The Bertz CT molecular complexity index is 481. The molecule has 2 heterocycles. The van der Waals surface area contributed by atoms with Crippen molar-refractivity contribution in [3.05, 3.63) is 54.0 Å². The Balaban J connectivity index is 1.89. The number of aromatic nitrogens is 2. The quantitative estimate of drug-likeness (QED) is 0.862. The lowest BCUT2D eigenvalue weighted by atomic mass is 10.2. The Morgan fingerprint density at radius 2 is 1.79 bits per heavy atom. The number of nitrogens with one attached hydrogen (secondary N) is 1. The molecule has 0 bridgehead atoms. The minimum atomic E-state index is 0.891. The van der Waals surface area contributed by atoms with Crippen molar-refractivity contribution in [1.29, 1.82) is 0 Å². The summed E-state index contributed by atoms with van der Waals surface area (Å²) in [7, 11) is 2.11. The Labute approximate surface area is 114 Å². The predicted octanol–water partition coefficient (Wildman–Crippen LogP) is 2.54. The lowest BCUT2D eigenvalue weighted by molar-refractivity contribution is 0.318. The normalized spacial score (nSPS) is 10.7. The Morgan fingerprint density at radius 3 is 2.42 bits per heavy atom. The maximum atomic E-state index is 4.38. The number of anilines is 1. The summed E-state index contributed by atoms with van der Waals surface area (Å²) in [4.78, 5) is 10.7. The standard InChI is InChI=1S/C15H20N4/c1-3-17-15-5-4-14(10-18-15)12-19(2)11-13-6-8-16-9-7-13/h4-10H,3,11-12H2,1-2H3,(H,17,18). The molecule has 2 aromatic rings. The molecule has 0 atom stereocenters. The van der Waals surface area contributed by atoms with Gasteiger partial charge in [-0.2, -0.15) is 0 Å². The zero-order valence-corrected chi connectivity index (χ0v) is 11.5. The summed E-state index contributed by atoms with van der Waals surface area (Å²) in [5.41, 5.74) is 2.49. The Hall–Kier alpha value is -1.94. The van der Waals surface area contributed by atoms with Crippen LogP contribution in [-0.4, -0.2) is 28.5 Å². The molecule has 19 heavy (non-hydrogen) atoms. The topological polar surface area (TPSA) is 41.0 Å². The molecule has 2 rings (SSSR count). The van der Waals surface area contributed by atoms with Crippen LogP contribution in [0.1, 0.15) is 18.1 Å². The highest BCUT2D eigenvalue weighted by molar-refractivity contribution is 5.35. The number of hydrogen-bond acceptors (Lipinski definition) is 4. The molecule has 0 spiro atoms. The Kier molecular flexibility index (Phi) is 4.86. The molecular formula is C15H20N4. The van der Waals surface area contributed by atoms with E-state index in [9.17, 15) is 0 Å². The molecule has 0 saturated carbocycles. The van der Waals surface area contributed by atoms with E-state index in [0.717, 1.165) is 25.5 Å². The van der Waals surface area contributed by atoms with E-state index in [2.05, 4.69) is 40.2 Å². The fraction of sp³-hybridized carbons (Fsp3) is 0.333. The lowest BCUT2D eigenvalue weighted by Gasteiger charge is -2.16. The van der Waals surface area contributed by atoms with Crippen LogP contribution in [0.4, 0.5) is 5.82 Å². The number of rotatable bonds is 6. The van der Waals surface area contributed by atoms with E-state index in [0.29, 0.717) is 0 Å². The van der Waals surface area contributed by atoms with Gasteiger partial charge in [-0.3, -0.25) is 9.88 Å². The van der Waals surface area contributed by atoms with Gasteiger partial charge in [-0.05, 0) is 43.3 Å². The van der Waals surface area contributed by atoms with Gasteiger partial charge in [0.15, 0.2) is 0 Å². The molecule has 4 nitrogen and oxygen atoms in total. The van der Waals surface area contributed by atoms with E-state index in [1.807, 2.05) is 36.8 Å². The van der Waals surface area contributed by atoms with Gasteiger partial charge in [0.25, 0.3) is 0 Å². The van der Waals surface area contributed by atoms with Crippen LogP contribution in [0.3, 0.4) is 0 Å². The van der Waals surface area contributed by atoms with Gasteiger partial charge in [0, 0.05) is 38.2 Å². The molecule has 0 aliphatic rings. The monoisotopic (exact) mass is 256 g/mol. The van der Waals surface area contributed by atoms with Crippen LogP contribution in [0.2, 0.25) is 0 Å². The molecule has 0 radical (unpaired) electrons. The third kappa shape index (κ3) is 4.34. The maximum absolute atomic E-state index is 4.38. The van der Waals surface area contributed by atoms with E-state index in [1.54, 1.807) is 0 Å². The van der Waals surface area contributed by atoms with E-state index >= 15 is 0 Å². The molecule has 4 heteroatoms. The van der Waals surface area contributed by atoms with Crippen molar-refractivity contribution in [2.75, 3.05) is 18.9 Å². The van der Waals surface area contributed by atoms with Gasteiger partial charge in [-0.15, -0.1) is 0 Å². The van der Waals surface area contributed by atoms with Crippen molar-refractivity contribution in [2.45, 2.75) is 20.0 Å². The molecular weight excluding hydrogens is 236 g/mol. The lowest BCUT2D eigenvalue weighted by Crippen LogP contribution is -2.17. The average Bonchev–Trinajstić information content (AvgIpc) is 2.42. The molecule has 0 aliphatic carbocycles. The van der Waals surface area contributed by atoms with Crippen molar-refractivity contribution in [3.63, 3.8) is 0 Å². The molecule has 100 valence electrons. The summed E-state index contributed by atoms with van der Waals surface area (Å²) >= 11 is 0. The van der Waals surface area contributed by atoms with Crippen LogP contribution in [0.25, 0.3) is 0 Å². The number of hydrogen-bond donors (Lipinski definition) is 1. The first-order chi connectivity index (χ1) is 9.28. The van der Waals surface area contributed by atoms with Gasteiger partial charge in [0.2, 0.25) is 0 Å². The fourth-order valence-electron chi connectivity index (χ4n) is 1.97. The van der Waals surface area contributed by atoms with Gasteiger partial charge in [0.1, 0.15) is 5.82 Å². The molecule has 0 amide bonds. The first-order valence-electron chi connectivity index (χ1n) is 6.54. The molecule has 0 aliphatic heterocycles. The van der Waals surface area contributed by atoms with Gasteiger partial charge < -0.3 is 5.32 Å². The second-order valence-electron chi connectivity index (χ2n) is 4.61. The third-order valence-corrected chi connectivity index (χ3v) is 2.84. The SMILES string of the molecule is CCNc1ccc(CN(C)Cc2ccncc2)cn1. The van der Waals surface area contributed by atoms with Crippen LogP contribution in [0.15, 0.2) is 42.9 Å². The average molecular weight is 256 g/mol. The summed E-state index contributed by atoms with van der Waals surface area (Å²) in [6.07, 6.45) is 5.59. The highest BCUT2D eigenvalue weighted by Crippen LogP contribution is 2.09. The van der Waals surface area contributed by atoms with Crippen LogP contribution in [-0.2, 0) is 13.1 Å². The van der Waals surface area contributed by atoms with E-state index < -0.39 is 0 Å². The highest BCUT2D eigenvalue weighted by atomic mass is 15.1. The fourth-order valence-corrected chi connectivity index (χ4v) is 1.97.